The van der Waals surface area contributed by atoms with Crippen molar-refractivity contribution in [2.24, 2.45) is 0 Å². The number of carbonyl (C=O) groups excluding carboxylic acids is 1. The number of carboxylic acids is 1. The summed E-state index contributed by atoms with van der Waals surface area (Å²) >= 11 is 0. The van der Waals surface area contributed by atoms with Crippen LogP contribution in [-0.4, -0.2) is 60.9 Å². The molecule has 0 radical (unpaired) electrons. The van der Waals surface area contributed by atoms with Gasteiger partial charge in [-0.05, 0) is 6.42 Å². The van der Waals surface area contributed by atoms with E-state index in [-0.39, 0.29) is 12.5 Å². The number of ether oxygens (including phenoxy) is 2. The van der Waals surface area contributed by atoms with Gasteiger partial charge in [0.25, 0.3) is 5.91 Å². The maximum Gasteiger partial charge on any atom is 0.326 e. The second-order valence-electron chi connectivity index (χ2n) is 3.65. The molecule has 1 fully saturated rings. The lowest BCUT2D eigenvalue weighted by Gasteiger charge is -2.29. The molecule has 0 aromatic rings. The van der Waals surface area contributed by atoms with Crippen molar-refractivity contribution in [2.45, 2.75) is 25.5 Å². The predicted octanol–water partition coefficient (Wildman–Crippen LogP) is -0.277. The maximum atomic E-state index is 11.9. The normalized spacial score (nSPS) is 22.5. The molecule has 1 heterocycles. The minimum atomic E-state index is -1.00. The van der Waals surface area contributed by atoms with Crippen molar-refractivity contribution in [1.82, 2.24) is 4.90 Å². The first-order chi connectivity index (χ1) is 7.57. The van der Waals surface area contributed by atoms with Crippen molar-refractivity contribution < 1.29 is 24.2 Å². The zero-order valence-corrected chi connectivity index (χ0v) is 9.51. The summed E-state index contributed by atoms with van der Waals surface area (Å²) in [6, 6.07) is -0.807. The van der Waals surface area contributed by atoms with Gasteiger partial charge in [0.15, 0.2) is 6.10 Å². The molecule has 92 valence electrons. The van der Waals surface area contributed by atoms with E-state index in [1.165, 1.54) is 11.9 Å². The Morgan fingerprint density at radius 3 is 2.62 bits per heavy atom. The second-order valence-corrected chi connectivity index (χ2v) is 3.65. The summed E-state index contributed by atoms with van der Waals surface area (Å²) in [5.74, 6) is -1.34. The molecule has 1 saturated heterocycles. The Bertz CT molecular complexity index is 262. The first-order valence-electron chi connectivity index (χ1n) is 5.26. The van der Waals surface area contributed by atoms with Crippen molar-refractivity contribution in [2.75, 3.05) is 26.9 Å². The Balaban J connectivity index is 2.60. The van der Waals surface area contributed by atoms with Gasteiger partial charge in [0.2, 0.25) is 0 Å². The summed E-state index contributed by atoms with van der Waals surface area (Å²) in [5.41, 5.74) is 0. The van der Waals surface area contributed by atoms with E-state index in [0.29, 0.717) is 19.6 Å². The number of rotatable bonds is 4. The van der Waals surface area contributed by atoms with Gasteiger partial charge in [0.05, 0.1) is 19.8 Å². The number of nitrogens with zero attached hydrogens (tertiary/aromatic N) is 1. The minimum Gasteiger partial charge on any atom is -0.480 e. The molecule has 1 amide bonds. The van der Waals surface area contributed by atoms with Crippen LogP contribution in [0.4, 0.5) is 0 Å². The number of amides is 1. The molecular weight excluding hydrogens is 214 g/mol. The summed E-state index contributed by atoms with van der Waals surface area (Å²) in [5, 5.41) is 8.92. The zero-order valence-electron chi connectivity index (χ0n) is 9.51. The van der Waals surface area contributed by atoms with Gasteiger partial charge in [0.1, 0.15) is 6.04 Å². The molecule has 1 N–H and O–H groups in total. The third-order valence-corrected chi connectivity index (χ3v) is 2.58. The van der Waals surface area contributed by atoms with Gasteiger partial charge in [-0.3, -0.25) is 4.79 Å². The SMILES string of the molecule is CCC(C(=O)O)N(C)C(=O)C1COCCO1. The van der Waals surface area contributed by atoms with E-state index >= 15 is 0 Å². The topological polar surface area (TPSA) is 76.1 Å². The Hall–Kier alpha value is -1.14. The van der Waals surface area contributed by atoms with E-state index in [4.69, 9.17) is 14.6 Å². The van der Waals surface area contributed by atoms with Gasteiger partial charge < -0.3 is 19.5 Å². The predicted molar refractivity (Wildman–Crippen MR) is 55.0 cm³/mol. The number of hydrogen-bond acceptors (Lipinski definition) is 4. The Morgan fingerprint density at radius 1 is 1.50 bits per heavy atom. The van der Waals surface area contributed by atoms with Crippen LogP contribution in [0.2, 0.25) is 0 Å². The van der Waals surface area contributed by atoms with Crippen molar-refractivity contribution in [3.05, 3.63) is 0 Å². The number of likely N-dealkylation sites (N-methyl/N-ethyl adjacent to an activating group) is 1. The monoisotopic (exact) mass is 231 g/mol. The molecule has 0 saturated carbocycles. The van der Waals surface area contributed by atoms with Crippen molar-refractivity contribution >= 4 is 11.9 Å². The largest absolute Gasteiger partial charge is 0.480 e. The molecule has 0 spiro atoms. The lowest BCUT2D eigenvalue weighted by molar-refractivity contribution is -0.164. The molecule has 1 aliphatic heterocycles. The lowest BCUT2D eigenvalue weighted by atomic mass is 10.2. The first kappa shape index (κ1) is 12.9. The summed E-state index contributed by atoms with van der Waals surface area (Å²) in [6.07, 6.45) is -0.308. The van der Waals surface area contributed by atoms with Crippen LogP contribution in [0, 0.1) is 0 Å². The van der Waals surface area contributed by atoms with E-state index in [9.17, 15) is 9.59 Å². The van der Waals surface area contributed by atoms with Crippen LogP contribution < -0.4 is 0 Å². The molecule has 0 aromatic carbocycles. The minimum absolute atomic E-state index is 0.194. The molecule has 0 aromatic heterocycles. The number of hydrogen-bond donors (Lipinski definition) is 1. The average Bonchev–Trinajstić information content (AvgIpc) is 2.29. The Kier molecular flexibility index (Phi) is 4.70. The highest BCUT2D eigenvalue weighted by atomic mass is 16.6. The van der Waals surface area contributed by atoms with E-state index in [0.717, 1.165) is 0 Å². The van der Waals surface area contributed by atoms with Gasteiger partial charge in [-0.1, -0.05) is 6.92 Å². The van der Waals surface area contributed by atoms with Crippen LogP contribution in [0.5, 0.6) is 0 Å². The molecule has 6 nitrogen and oxygen atoms in total. The lowest BCUT2D eigenvalue weighted by Crippen LogP contribution is -2.49. The fourth-order valence-electron chi connectivity index (χ4n) is 1.63. The molecule has 0 bridgehead atoms. The smallest absolute Gasteiger partial charge is 0.326 e. The van der Waals surface area contributed by atoms with Gasteiger partial charge in [-0.15, -0.1) is 0 Å². The summed E-state index contributed by atoms with van der Waals surface area (Å²) in [6.45, 7) is 2.76. The standard InChI is InChI=1S/C10H17NO5/c1-3-7(10(13)14)11(2)9(12)8-6-15-4-5-16-8/h7-8H,3-6H2,1-2H3,(H,13,14). The Morgan fingerprint density at radius 2 is 2.19 bits per heavy atom. The summed E-state index contributed by atoms with van der Waals surface area (Å²) in [4.78, 5) is 24.0. The fourth-order valence-corrected chi connectivity index (χ4v) is 1.63. The number of carbonyl (C=O) groups is 2. The first-order valence-corrected chi connectivity index (χ1v) is 5.26. The van der Waals surface area contributed by atoms with Crippen molar-refractivity contribution in [1.29, 1.82) is 0 Å². The average molecular weight is 231 g/mol. The number of carboxylic acid groups (broad SMARTS) is 1. The van der Waals surface area contributed by atoms with Crippen molar-refractivity contribution in [3.63, 3.8) is 0 Å². The quantitative estimate of drug-likeness (QED) is 0.720. The Labute approximate surface area is 94.1 Å². The molecule has 6 heteroatoms. The number of aliphatic carboxylic acids is 1. The summed E-state index contributed by atoms with van der Waals surface area (Å²) in [7, 11) is 1.47. The van der Waals surface area contributed by atoms with E-state index in [1.807, 2.05) is 0 Å². The van der Waals surface area contributed by atoms with E-state index in [1.54, 1.807) is 6.92 Å². The zero-order chi connectivity index (χ0) is 12.1. The van der Waals surface area contributed by atoms with E-state index < -0.39 is 18.1 Å². The summed E-state index contributed by atoms with van der Waals surface area (Å²) < 4.78 is 10.3. The molecule has 1 aliphatic rings. The molecular formula is C10H17NO5. The maximum absolute atomic E-state index is 11.9. The highest BCUT2D eigenvalue weighted by Gasteiger charge is 2.31. The van der Waals surface area contributed by atoms with Crippen LogP contribution in [0.3, 0.4) is 0 Å². The molecule has 2 atom stereocenters. The molecule has 0 aliphatic carbocycles. The van der Waals surface area contributed by atoms with E-state index in [2.05, 4.69) is 0 Å². The molecule has 2 unspecified atom stereocenters. The highest BCUT2D eigenvalue weighted by molar-refractivity contribution is 5.86. The highest BCUT2D eigenvalue weighted by Crippen LogP contribution is 2.09. The third kappa shape index (κ3) is 2.93. The van der Waals surface area contributed by atoms with Crippen LogP contribution in [-0.2, 0) is 19.1 Å². The molecule has 1 rings (SSSR count). The van der Waals surface area contributed by atoms with Gasteiger partial charge in [-0.25, -0.2) is 4.79 Å². The fraction of sp³-hybridized carbons (Fsp3) is 0.800. The second kappa shape index (κ2) is 5.81. The van der Waals surface area contributed by atoms with Gasteiger partial charge in [0, 0.05) is 7.05 Å². The van der Waals surface area contributed by atoms with Crippen LogP contribution in [0.25, 0.3) is 0 Å². The van der Waals surface area contributed by atoms with Crippen LogP contribution in [0.1, 0.15) is 13.3 Å². The van der Waals surface area contributed by atoms with Crippen LogP contribution in [0.15, 0.2) is 0 Å². The van der Waals surface area contributed by atoms with Gasteiger partial charge >= 0.3 is 5.97 Å². The molecule has 16 heavy (non-hydrogen) atoms. The van der Waals surface area contributed by atoms with Gasteiger partial charge in [-0.2, -0.15) is 0 Å². The van der Waals surface area contributed by atoms with Crippen LogP contribution >= 0.6 is 0 Å². The van der Waals surface area contributed by atoms with Crippen molar-refractivity contribution in [3.8, 4) is 0 Å². The third-order valence-electron chi connectivity index (χ3n) is 2.58.